The zero-order chi connectivity index (χ0) is 34.2. The summed E-state index contributed by atoms with van der Waals surface area (Å²) in [5, 5.41) is 8.19. The topological polar surface area (TPSA) is 28.2 Å². The largest absolute Gasteiger partial charge is 0.781 e. The summed E-state index contributed by atoms with van der Waals surface area (Å²) in [6.45, 7) is 0. The summed E-state index contributed by atoms with van der Waals surface area (Å²) < 4.78 is 171. The molecule has 2 atom stereocenters. The molecular formula is C30H16F12N2NiS2-4. The molecule has 4 aromatic carbocycles. The van der Waals surface area contributed by atoms with Crippen molar-refractivity contribution in [1.29, 1.82) is 0 Å². The van der Waals surface area contributed by atoms with Crippen LogP contribution in [0.2, 0.25) is 0 Å². The Morgan fingerprint density at radius 3 is 1.02 bits per heavy atom. The van der Waals surface area contributed by atoms with E-state index in [1.807, 2.05) is 0 Å². The van der Waals surface area contributed by atoms with E-state index >= 15 is 0 Å². The maximum absolute atomic E-state index is 14.5. The summed E-state index contributed by atoms with van der Waals surface area (Å²) in [7, 11) is 0. The zero-order valence-corrected chi connectivity index (χ0v) is 25.4. The molecule has 4 rings (SSSR count). The van der Waals surface area contributed by atoms with Gasteiger partial charge in [0.25, 0.3) is 0 Å². The molecule has 4 aromatic rings. The van der Waals surface area contributed by atoms with Gasteiger partial charge in [-0.05, 0) is 12.1 Å². The molecule has 0 saturated heterocycles. The molecular weight excluding hydrogens is 739 g/mol. The number of nitrogens with zero attached hydrogens (tertiary/aromatic N) is 2. The van der Waals surface area contributed by atoms with Gasteiger partial charge in [0.2, 0.25) is 0 Å². The first kappa shape index (κ1) is 38.0. The summed E-state index contributed by atoms with van der Waals surface area (Å²) in [5.41, 5.74) is -12.4. The third kappa shape index (κ3) is 8.54. The van der Waals surface area contributed by atoms with E-state index in [2.05, 4.69) is 10.6 Å². The Balaban J connectivity index is 0.00000600. The first-order chi connectivity index (χ1) is 21.2. The zero-order valence-electron chi connectivity index (χ0n) is 22.8. The Morgan fingerprint density at radius 2 is 0.745 bits per heavy atom. The van der Waals surface area contributed by atoms with Crippen LogP contribution in [0.15, 0.2) is 94.7 Å². The van der Waals surface area contributed by atoms with Crippen molar-refractivity contribution in [2.75, 3.05) is 0 Å². The van der Waals surface area contributed by atoms with Gasteiger partial charge in [0, 0.05) is 16.5 Å². The van der Waals surface area contributed by atoms with Crippen molar-refractivity contribution in [3.8, 4) is 0 Å². The molecule has 0 heterocycles. The molecule has 0 fully saturated rings. The predicted molar refractivity (Wildman–Crippen MR) is 149 cm³/mol. The fraction of sp³-hybridized carbons (Fsp3) is 0.200. The normalized spacial score (nSPS) is 13.8. The van der Waals surface area contributed by atoms with Gasteiger partial charge < -0.3 is 35.9 Å². The number of rotatable bonds is 7. The van der Waals surface area contributed by atoms with Crippen LogP contribution in [0.5, 0.6) is 0 Å². The van der Waals surface area contributed by atoms with E-state index in [0.29, 0.717) is 24.3 Å². The van der Waals surface area contributed by atoms with Crippen LogP contribution in [0, 0.1) is 0 Å². The van der Waals surface area contributed by atoms with Crippen molar-refractivity contribution in [1.82, 2.24) is 0 Å². The van der Waals surface area contributed by atoms with Crippen molar-refractivity contribution in [2.24, 2.45) is 0 Å². The van der Waals surface area contributed by atoms with Gasteiger partial charge in [0.1, 0.15) is 0 Å². The van der Waals surface area contributed by atoms with E-state index < -0.39 is 70.2 Å². The average molecular weight is 755 g/mol. The maximum Gasteiger partial charge on any atom is 0.417 e. The molecule has 0 aliphatic heterocycles. The second kappa shape index (κ2) is 14.0. The van der Waals surface area contributed by atoms with E-state index in [1.165, 1.54) is 36.4 Å². The summed E-state index contributed by atoms with van der Waals surface area (Å²) in [6, 6.07) is 7.61. The second-order valence-corrected chi connectivity index (χ2v) is 10.5. The minimum atomic E-state index is -5.77. The Morgan fingerprint density at radius 1 is 0.426 bits per heavy atom. The third-order valence-electron chi connectivity index (χ3n) is 6.59. The van der Waals surface area contributed by atoms with Crippen LogP contribution < -0.4 is 0 Å². The molecule has 47 heavy (non-hydrogen) atoms. The summed E-state index contributed by atoms with van der Waals surface area (Å²) >= 11 is 10.3. The minimum absolute atomic E-state index is 0. The molecule has 2 unspecified atom stereocenters. The van der Waals surface area contributed by atoms with E-state index in [1.54, 1.807) is 0 Å². The molecule has 2 nitrogen and oxygen atoms in total. The quantitative estimate of drug-likeness (QED) is 0.107. The SMILES string of the molecule is FC(F)(F)c1cccc(C([N-]c2ccccc2[S-])C([N-]c2ccccc2[S-])c2cccc(C(F)(F)F)c2C(F)(F)F)c1C(F)(F)F.[Ni]. The smallest absolute Gasteiger partial charge is 0.417 e. The number of hydrogen-bond donors (Lipinski definition) is 0. The first-order valence-electron chi connectivity index (χ1n) is 12.7. The van der Waals surface area contributed by atoms with E-state index in [-0.39, 0.29) is 49.8 Å². The number of benzene rings is 4. The monoisotopic (exact) mass is 754 g/mol. The second-order valence-electron chi connectivity index (χ2n) is 9.61. The molecule has 0 bridgehead atoms. The van der Waals surface area contributed by atoms with Crippen LogP contribution in [0.25, 0.3) is 10.6 Å². The van der Waals surface area contributed by atoms with Gasteiger partial charge in [-0.15, -0.1) is 12.1 Å². The fourth-order valence-electron chi connectivity index (χ4n) is 4.79. The van der Waals surface area contributed by atoms with Crippen molar-refractivity contribution < 1.29 is 69.2 Å². The van der Waals surface area contributed by atoms with Gasteiger partial charge >= 0.3 is 24.7 Å². The number of halogens is 12. The molecule has 0 aliphatic carbocycles. The van der Waals surface area contributed by atoms with Crippen LogP contribution in [0.1, 0.15) is 45.5 Å². The standard InChI is InChI=1S/C30H18F12N2S2.Ni/c31-27(32,33)17-9-5-7-15(23(17)29(37,38)39)25(43-19-11-1-3-13-21(19)45)26(44-20-12-2-4-14-22(20)46)16-8-6-10-18(28(34,35)36)24(16)30(40,41)42;/h1-14,25-26,45-46H;/q-2;/p-2. The van der Waals surface area contributed by atoms with E-state index in [4.69, 9.17) is 25.3 Å². The van der Waals surface area contributed by atoms with Gasteiger partial charge in [-0.25, -0.2) is 0 Å². The Hall–Kier alpha value is -3.43. The number of para-hydroxylation sites is 2. The van der Waals surface area contributed by atoms with Crippen molar-refractivity contribution >= 4 is 36.6 Å². The maximum atomic E-state index is 14.5. The van der Waals surface area contributed by atoms with Crippen molar-refractivity contribution in [3.05, 3.63) is 129 Å². The number of alkyl halides is 12. The molecule has 17 heteroatoms. The Kier molecular flexibility index (Phi) is 11.3. The van der Waals surface area contributed by atoms with Gasteiger partial charge in [-0.1, -0.05) is 83.9 Å². The van der Waals surface area contributed by atoms with Gasteiger partial charge in [0.05, 0.1) is 22.3 Å². The van der Waals surface area contributed by atoms with Crippen LogP contribution in [0.4, 0.5) is 64.1 Å². The van der Waals surface area contributed by atoms with Gasteiger partial charge in [-0.2, -0.15) is 73.9 Å². The average Bonchev–Trinajstić information content (AvgIpc) is 2.94. The van der Waals surface area contributed by atoms with Crippen molar-refractivity contribution in [3.63, 3.8) is 0 Å². The van der Waals surface area contributed by atoms with Crippen molar-refractivity contribution in [2.45, 2.75) is 46.6 Å². The molecule has 0 N–H and O–H groups in total. The van der Waals surface area contributed by atoms with Gasteiger partial charge in [-0.3, -0.25) is 0 Å². The third-order valence-corrected chi connectivity index (χ3v) is 7.28. The molecule has 0 aromatic heterocycles. The molecule has 256 valence electrons. The summed E-state index contributed by atoms with van der Waals surface area (Å²) in [4.78, 5) is -0.342. The molecule has 0 saturated carbocycles. The summed E-state index contributed by atoms with van der Waals surface area (Å²) in [6.07, 6.45) is -22.8. The number of hydrogen-bond acceptors (Lipinski definition) is 2. The molecule has 0 radical (unpaired) electrons. The predicted octanol–water partition coefficient (Wildman–Crippen LogP) is 11.8. The minimum Gasteiger partial charge on any atom is -0.781 e. The van der Waals surface area contributed by atoms with Crippen LogP contribution in [0.3, 0.4) is 0 Å². The Bertz CT molecular complexity index is 1580. The Labute approximate surface area is 280 Å². The van der Waals surface area contributed by atoms with Crippen LogP contribution in [-0.2, 0) is 66.5 Å². The van der Waals surface area contributed by atoms with Crippen LogP contribution in [-0.4, -0.2) is 0 Å². The molecule has 0 amide bonds. The van der Waals surface area contributed by atoms with E-state index in [9.17, 15) is 52.7 Å². The molecule has 0 aliphatic rings. The summed E-state index contributed by atoms with van der Waals surface area (Å²) in [5.74, 6) is 0. The van der Waals surface area contributed by atoms with Crippen LogP contribution >= 0.6 is 0 Å². The fourth-order valence-corrected chi connectivity index (χ4v) is 5.18. The van der Waals surface area contributed by atoms with E-state index in [0.717, 1.165) is 12.1 Å². The first-order valence-corrected chi connectivity index (χ1v) is 13.5. The molecule has 0 spiro atoms. The van der Waals surface area contributed by atoms with Gasteiger partial charge in [0.15, 0.2) is 0 Å².